The molecule has 2 N–H and O–H groups in total. The van der Waals surface area contributed by atoms with Crippen molar-refractivity contribution in [1.29, 1.82) is 0 Å². The summed E-state index contributed by atoms with van der Waals surface area (Å²) in [5.41, 5.74) is 2.57. The summed E-state index contributed by atoms with van der Waals surface area (Å²) in [7, 11) is 0.389. The van der Waals surface area contributed by atoms with E-state index in [1.54, 1.807) is 48.0 Å². The van der Waals surface area contributed by atoms with Gasteiger partial charge >= 0.3 is 6.09 Å². The number of aryl methyl sites for hydroxylation is 1. The highest BCUT2D eigenvalue weighted by molar-refractivity contribution is 7.88. The molecule has 1 spiro atoms. The van der Waals surface area contributed by atoms with Crippen molar-refractivity contribution in [1.82, 2.24) is 9.97 Å². The lowest BCUT2D eigenvalue weighted by atomic mass is 9.73. The second-order valence-corrected chi connectivity index (χ2v) is 11.3. The molecule has 192 valence electrons. The predicted octanol–water partition coefficient (Wildman–Crippen LogP) is 4.28. The van der Waals surface area contributed by atoms with Crippen LogP contribution in [0.2, 0.25) is 0 Å². The SMILES string of the molecule is COc1ccc2nccc(CCC3(O)CCC4(CC3)CN(c3ccc5c(c3)NC=CS5=O)C(=O)O4)c2n1. The summed E-state index contributed by atoms with van der Waals surface area (Å²) in [6, 6.07) is 11.0. The number of anilines is 2. The highest BCUT2D eigenvalue weighted by atomic mass is 32.2. The molecule has 9 nitrogen and oxygen atoms in total. The van der Waals surface area contributed by atoms with E-state index in [9.17, 15) is 14.1 Å². The number of hydrogen-bond donors (Lipinski definition) is 2. The Hall–Kier alpha value is -3.50. The lowest BCUT2D eigenvalue weighted by Gasteiger charge is -2.40. The first kappa shape index (κ1) is 23.9. The van der Waals surface area contributed by atoms with E-state index in [2.05, 4.69) is 15.3 Å². The third kappa shape index (κ3) is 4.44. The molecule has 2 aromatic heterocycles. The number of pyridine rings is 2. The summed E-state index contributed by atoms with van der Waals surface area (Å²) in [6.45, 7) is 0.429. The first-order valence-corrected chi connectivity index (χ1v) is 13.6. The summed E-state index contributed by atoms with van der Waals surface area (Å²) >= 11 is 0. The quantitative estimate of drug-likeness (QED) is 0.513. The molecule has 1 unspecified atom stereocenters. The van der Waals surface area contributed by atoms with E-state index in [0.29, 0.717) is 61.5 Å². The van der Waals surface area contributed by atoms with Crippen LogP contribution in [0.1, 0.15) is 37.7 Å². The summed E-state index contributed by atoms with van der Waals surface area (Å²) in [5.74, 6) is 0.534. The van der Waals surface area contributed by atoms with Gasteiger partial charge in [-0.15, -0.1) is 0 Å². The minimum atomic E-state index is -1.20. The van der Waals surface area contributed by atoms with Crippen LogP contribution in [-0.2, 0) is 22.0 Å². The van der Waals surface area contributed by atoms with Gasteiger partial charge in [-0.2, -0.15) is 0 Å². The molecule has 1 aliphatic carbocycles. The van der Waals surface area contributed by atoms with Gasteiger partial charge < -0.3 is 19.9 Å². The van der Waals surface area contributed by atoms with Crippen LogP contribution >= 0.6 is 0 Å². The number of carbonyl (C=O) groups is 1. The van der Waals surface area contributed by atoms with Gasteiger partial charge in [0.1, 0.15) is 5.60 Å². The number of amides is 1. The van der Waals surface area contributed by atoms with E-state index >= 15 is 0 Å². The Bertz CT molecular complexity index is 1430. The standard InChI is InChI=1S/C27H28N4O5S/c1-35-23-5-3-20-24(30-23)18(7-13-28-20)6-8-26(33)9-11-27(12-10-26)17-31(25(32)36-27)19-2-4-22-21(16-19)29-14-15-37(22)34/h2-5,7,13-16,29,33H,6,8-12,17H2,1H3. The molecule has 10 heteroatoms. The average molecular weight is 521 g/mol. The Morgan fingerprint density at radius 2 is 2.03 bits per heavy atom. The number of carbonyl (C=O) groups excluding carboxylic acids is 1. The minimum Gasteiger partial charge on any atom is -0.481 e. The van der Waals surface area contributed by atoms with Crippen LogP contribution in [0.25, 0.3) is 11.0 Å². The van der Waals surface area contributed by atoms with E-state index in [1.807, 2.05) is 18.2 Å². The Morgan fingerprint density at radius 1 is 1.19 bits per heavy atom. The van der Waals surface area contributed by atoms with Crippen LogP contribution in [0.5, 0.6) is 5.88 Å². The molecule has 1 saturated heterocycles. The molecule has 1 amide bonds. The van der Waals surface area contributed by atoms with Crippen molar-refractivity contribution < 1.29 is 23.6 Å². The number of aromatic nitrogens is 2. The van der Waals surface area contributed by atoms with Crippen molar-refractivity contribution in [3.63, 3.8) is 0 Å². The topological polar surface area (TPSA) is 114 Å². The van der Waals surface area contributed by atoms with Crippen molar-refractivity contribution in [2.45, 2.75) is 54.6 Å². The van der Waals surface area contributed by atoms with E-state index in [4.69, 9.17) is 9.47 Å². The Balaban J connectivity index is 1.13. The van der Waals surface area contributed by atoms with Gasteiger partial charge in [0.2, 0.25) is 5.88 Å². The molecule has 3 aliphatic rings. The second kappa shape index (κ2) is 9.11. The van der Waals surface area contributed by atoms with Gasteiger partial charge in [-0.25, -0.2) is 14.0 Å². The monoisotopic (exact) mass is 520 g/mol. The number of ether oxygens (including phenoxy) is 2. The van der Waals surface area contributed by atoms with Crippen LogP contribution in [0.3, 0.4) is 0 Å². The maximum Gasteiger partial charge on any atom is 0.415 e. The smallest absolute Gasteiger partial charge is 0.415 e. The molecule has 6 rings (SSSR count). The molecule has 2 fully saturated rings. The molecule has 1 saturated carbocycles. The fourth-order valence-corrected chi connectivity index (χ4v) is 6.35. The summed E-state index contributed by atoms with van der Waals surface area (Å²) in [6.07, 6.45) is 6.54. The summed E-state index contributed by atoms with van der Waals surface area (Å²) in [4.78, 5) is 24.1. The van der Waals surface area contributed by atoms with Crippen molar-refractivity contribution in [3.05, 3.63) is 59.8 Å². The largest absolute Gasteiger partial charge is 0.481 e. The number of benzene rings is 1. The number of nitrogens with zero attached hydrogens (tertiary/aromatic N) is 3. The zero-order valence-electron chi connectivity index (χ0n) is 20.5. The van der Waals surface area contributed by atoms with Crippen molar-refractivity contribution in [2.75, 3.05) is 23.9 Å². The number of nitrogens with one attached hydrogen (secondary N) is 1. The maximum atomic E-state index is 12.9. The van der Waals surface area contributed by atoms with Crippen molar-refractivity contribution in [3.8, 4) is 5.88 Å². The summed E-state index contributed by atoms with van der Waals surface area (Å²) in [5, 5.41) is 16.1. The highest BCUT2D eigenvalue weighted by Gasteiger charge is 2.50. The van der Waals surface area contributed by atoms with Crippen molar-refractivity contribution >= 4 is 39.3 Å². The Morgan fingerprint density at radius 3 is 2.84 bits per heavy atom. The Labute approximate surface area is 217 Å². The van der Waals surface area contributed by atoms with E-state index in [-0.39, 0.29) is 6.09 Å². The number of hydrogen-bond acceptors (Lipinski definition) is 8. The van der Waals surface area contributed by atoms with Gasteiger partial charge in [-0.1, -0.05) is 0 Å². The molecular formula is C27H28N4O5S. The minimum absolute atomic E-state index is 0.388. The number of fused-ring (bicyclic) bond motifs is 2. The van der Waals surface area contributed by atoms with Gasteiger partial charge in [0.15, 0.2) is 0 Å². The van der Waals surface area contributed by atoms with Crippen LogP contribution in [0.4, 0.5) is 16.2 Å². The molecule has 0 bridgehead atoms. The van der Waals surface area contributed by atoms with E-state index in [1.165, 1.54) is 0 Å². The lowest BCUT2D eigenvalue weighted by molar-refractivity contribution is -0.0695. The first-order chi connectivity index (χ1) is 17.9. The van der Waals surface area contributed by atoms with E-state index < -0.39 is 22.0 Å². The second-order valence-electron chi connectivity index (χ2n) is 9.98. The van der Waals surface area contributed by atoms with E-state index in [0.717, 1.165) is 22.3 Å². The van der Waals surface area contributed by atoms with Crippen LogP contribution in [-0.4, -0.2) is 50.2 Å². The third-order valence-electron chi connectivity index (χ3n) is 7.70. The molecule has 2 aliphatic heterocycles. The number of methoxy groups -OCH3 is 1. The van der Waals surface area contributed by atoms with Gasteiger partial charge in [-0.3, -0.25) is 9.88 Å². The molecule has 1 atom stereocenters. The number of aliphatic hydroxyl groups is 1. The molecule has 1 aromatic carbocycles. The summed E-state index contributed by atoms with van der Waals surface area (Å²) < 4.78 is 23.3. The normalized spacial score (nSPS) is 26.7. The third-order valence-corrected chi connectivity index (χ3v) is 8.87. The van der Waals surface area contributed by atoms with Crippen LogP contribution in [0.15, 0.2) is 59.1 Å². The first-order valence-electron chi connectivity index (χ1n) is 12.4. The molecule has 3 aromatic rings. The molecular weight excluding hydrogens is 492 g/mol. The predicted molar refractivity (Wildman–Crippen MR) is 140 cm³/mol. The average Bonchev–Trinajstić information content (AvgIpc) is 3.25. The van der Waals surface area contributed by atoms with Gasteiger partial charge in [-0.05, 0) is 74.4 Å². The molecule has 4 heterocycles. The maximum absolute atomic E-state index is 12.9. The zero-order chi connectivity index (χ0) is 25.6. The fourth-order valence-electron chi connectivity index (χ4n) is 5.48. The van der Waals surface area contributed by atoms with Crippen LogP contribution < -0.4 is 15.0 Å². The van der Waals surface area contributed by atoms with Crippen LogP contribution in [0, 0.1) is 0 Å². The lowest BCUT2D eigenvalue weighted by Crippen LogP contribution is -2.45. The molecule has 0 radical (unpaired) electrons. The van der Waals surface area contributed by atoms with Gasteiger partial charge in [0, 0.05) is 29.6 Å². The Kier molecular flexibility index (Phi) is 5.88. The molecule has 37 heavy (non-hydrogen) atoms. The zero-order valence-corrected chi connectivity index (χ0v) is 21.3. The number of rotatable bonds is 5. The van der Waals surface area contributed by atoms with Gasteiger partial charge in [0.05, 0.1) is 51.7 Å². The van der Waals surface area contributed by atoms with Gasteiger partial charge in [0.25, 0.3) is 0 Å². The fraction of sp³-hybridized carbons (Fsp3) is 0.370. The highest BCUT2D eigenvalue weighted by Crippen LogP contribution is 2.44. The van der Waals surface area contributed by atoms with Crippen molar-refractivity contribution in [2.24, 2.45) is 0 Å².